The van der Waals surface area contributed by atoms with Gasteiger partial charge in [-0.05, 0) is 44.9 Å². The number of unbranched alkanes of at least 4 members (excludes halogenated alkanes) is 5. The molecule has 1 unspecified atom stereocenters. The van der Waals surface area contributed by atoms with Gasteiger partial charge in [0.15, 0.2) is 0 Å². The molecule has 0 spiro atoms. The molecule has 0 radical (unpaired) electrons. The van der Waals surface area contributed by atoms with Crippen molar-refractivity contribution in [2.75, 3.05) is 0 Å². The van der Waals surface area contributed by atoms with E-state index in [1.807, 2.05) is 6.92 Å². The number of carboxylic acid groups (broad SMARTS) is 1. The Hall–Kier alpha value is -1.09. The van der Waals surface area contributed by atoms with Gasteiger partial charge in [-0.15, -0.1) is 0 Å². The molecule has 0 aliphatic carbocycles. The van der Waals surface area contributed by atoms with E-state index in [2.05, 4.69) is 24.3 Å². The molecule has 0 aromatic rings. The minimum Gasteiger partial charge on any atom is -0.481 e. The molecule has 0 fully saturated rings. The zero-order valence-electron chi connectivity index (χ0n) is 13.5. The van der Waals surface area contributed by atoms with Gasteiger partial charge in [0.25, 0.3) is 0 Å². The first-order valence-electron chi connectivity index (χ1n) is 8.36. The number of allylic oxidation sites excluding steroid dienone is 4. The summed E-state index contributed by atoms with van der Waals surface area (Å²) in [6.07, 6.45) is 19.0. The van der Waals surface area contributed by atoms with Gasteiger partial charge >= 0.3 is 5.97 Å². The average Bonchev–Trinajstić information content (AvgIpc) is 2.46. The van der Waals surface area contributed by atoms with E-state index in [0.717, 1.165) is 51.4 Å². The van der Waals surface area contributed by atoms with Crippen molar-refractivity contribution < 1.29 is 15.0 Å². The predicted octanol–water partition coefficient (Wildman–Crippen LogP) is 4.86. The second kappa shape index (κ2) is 15.3. The minimum absolute atomic E-state index is 0.152. The Kier molecular flexibility index (Phi) is 14.5. The van der Waals surface area contributed by atoms with Crippen LogP contribution in [0, 0.1) is 0 Å². The maximum Gasteiger partial charge on any atom is 0.303 e. The fourth-order valence-electron chi connectivity index (χ4n) is 2.07. The summed E-state index contributed by atoms with van der Waals surface area (Å²) in [5.41, 5.74) is 0. The molecule has 0 amide bonds. The number of aliphatic carboxylic acids is 1. The van der Waals surface area contributed by atoms with E-state index in [-0.39, 0.29) is 6.10 Å². The lowest BCUT2D eigenvalue weighted by Gasteiger charge is -2.03. The molecule has 0 bridgehead atoms. The van der Waals surface area contributed by atoms with Crippen molar-refractivity contribution in [1.29, 1.82) is 0 Å². The van der Waals surface area contributed by atoms with Gasteiger partial charge in [-0.25, -0.2) is 0 Å². The maximum absolute atomic E-state index is 10.3. The number of carboxylic acids is 1. The minimum atomic E-state index is -0.685. The molecule has 0 rings (SSSR count). The monoisotopic (exact) mass is 296 g/mol. The molecule has 122 valence electrons. The van der Waals surface area contributed by atoms with Crippen LogP contribution in [0.3, 0.4) is 0 Å². The third-order valence-electron chi connectivity index (χ3n) is 3.50. The van der Waals surface area contributed by atoms with Gasteiger partial charge in [0.05, 0.1) is 6.10 Å². The molecule has 0 aromatic carbocycles. The second-order valence-corrected chi connectivity index (χ2v) is 5.52. The van der Waals surface area contributed by atoms with Gasteiger partial charge in [0.2, 0.25) is 0 Å². The Labute approximate surface area is 129 Å². The Morgan fingerprint density at radius 3 is 2.24 bits per heavy atom. The first kappa shape index (κ1) is 19.9. The Bertz CT molecular complexity index is 295. The van der Waals surface area contributed by atoms with Crippen molar-refractivity contribution in [2.24, 2.45) is 0 Å². The third kappa shape index (κ3) is 16.9. The van der Waals surface area contributed by atoms with E-state index in [9.17, 15) is 9.90 Å². The fraction of sp³-hybridized carbons (Fsp3) is 0.722. The molecule has 0 heterocycles. The first-order chi connectivity index (χ1) is 10.2. The van der Waals surface area contributed by atoms with Crippen molar-refractivity contribution in [2.45, 2.75) is 83.7 Å². The standard InChI is InChI=1S/C18H32O3/c1-2-17(19)15-13-11-9-7-5-3-4-6-8-10-12-14-16-18(20)21/h3,5,9,11,17,19H,2,4,6-8,10,12-16H2,1H3,(H,20,21)/b5-3+,11-9+. The number of aliphatic hydroxyl groups excluding tert-OH is 1. The van der Waals surface area contributed by atoms with E-state index in [1.165, 1.54) is 12.8 Å². The molecule has 3 nitrogen and oxygen atoms in total. The van der Waals surface area contributed by atoms with E-state index in [0.29, 0.717) is 6.42 Å². The molecule has 21 heavy (non-hydrogen) atoms. The summed E-state index contributed by atoms with van der Waals surface area (Å²) in [6, 6.07) is 0. The Balaban J connectivity index is 3.25. The molecule has 2 N–H and O–H groups in total. The van der Waals surface area contributed by atoms with Gasteiger partial charge < -0.3 is 10.2 Å². The molecular formula is C18H32O3. The topological polar surface area (TPSA) is 57.5 Å². The molecule has 1 atom stereocenters. The Morgan fingerprint density at radius 2 is 1.57 bits per heavy atom. The first-order valence-corrected chi connectivity index (χ1v) is 8.36. The largest absolute Gasteiger partial charge is 0.481 e. The highest BCUT2D eigenvalue weighted by Gasteiger charge is 1.96. The van der Waals surface area contributed by atoms with Crippen molar-refractivity contribution in [1.82, 2.24) is 0 Å². The van der Waals surface area contributed by atoms with Crippen LogP contribution in [0.5, 0.6) is 0 Å². The highest BCUT2D eigenvalue weighted by atomic mass is 16.4. The van der Waals surface area contributed by atoms with Crippen LogP contribution in [0.15, 0.2) is 24.3 Å². The fourth-order valence-corrected chi connectivity index (χ4v) is 2.07. The molecule has 0 saturated heterocycles. The van der Waals surface area contributed by atoms with Crippen LogP contribution >= 0.6 is 0 Å². The van der Waals surface area contributed by atoms with Crippen molar-refractivity contribution in [3.63, 3.8) is 0 Å². The molecule has 3 heteroatoms. The molecular weight excluding hydrogens is 264 g/mol. The lowest BCUT2D eigenvalue weighted by Crippen LogP contribution is -2.02. The zero-order chi connectivity index (χ0) is 15.8. The normalized spacial score (nSPS) is 13.2. The summed E-state index contributed by atoms with van der Waals surface area (Å²) in [7, 11) is 0. The van der Waals surface area contributed by atoms with E-state index in [4.69, 9.17) is 5.11 Å². The summed E-state index contributed by atoms with van der Waals surface area (Å²) >= 11 is 0. The summed E-state index contributed by atoms with van der Waals surface area (Å²) in [5.74, 6) is -0.685. The number of aliphatic hydroxyl groups is 1. The summed E-state index contributed by atoms with van der Waals surface area (Å²) < 4.78 is 0. The highest BCUT2D eigenvalue weighted by Crippen LogP contribution is 2.08. The number of hydrogen-bond donors (Lipinski definition) is 2. The van der Waals surface area contributed by atoms with Crippen LogP contribution in [-0.2, 0) is 4.79 Å². The van der Waals surface area contributed by atoms with Crippen LogP contribution in [0.1, 0.15) is 77.6 Å². The second-order valence-electron chi connectivity index (χ2n) is 5.52. The van der Waals surface area contributed by atoms with Crippen LogP contribution in [0.2, 0.25) is 0 Å². The third-order valence-corrected chi connectivity index (χ3v) is 3.50. The van der Waals surface area contributed by atoms with Gasteiger partial charge in [0, 0.05) is 6.42 Å². The van der Waals surface area contributed by atoms with E-state index in [1.54, 1.807) is 0 Å². The van der Waals surface area contributed by atoms with Crippen LogP contribution < -0.4 is 0 Å². The van der Waals surface area contributed by atoms with E-state index >= 15 is 0 Å². The van der Waals surface area contributed by atoms with Crippen molar-refractivity contribution in [3.05, 3.63) is 24.3 Å². The van der Waals surface area contributed by atoms with Crippen LogP contribution in [0.25, 0.3) is 0 Å². The quantitative estimate of drug-likeness (QED) is 0.355. The Morgan fingerprint density at radius 1 is 0.952 bits per heavy atom. The van der Waals surface area contributed by atoms with Gasteiger partial charge in [-0.1, -0.05) is 50.5 Å². The zero-order valence-corrected chi connectivity index (χ0v) is 13.5. The summed E-state index contributed by atoms with van der Waals surface area (Å²) in [5, 5.41) is 17.9. The van der Waals surface area contributed by atoms with Crippen LogP contribution in [-0.4, -0.2) is 22.3 Å². The summed E-state index contributed by atoms with van der Waals surface area (Å²) in [4.78, 5) is 10.3. The van der Waals surface area contributed by atoms with Crippen molar-refractivity contribution in [3.8, 4) is 0 Å². The van der Waals surface area contributed by atoms with Gasteiger partial charge in [0.1, 0.15) is 0 Å². The maximum atomic E-state index is 10.3. The molecule has 0 aliphatic rings. The smallest absolute Gasteiger partial charge is 0.303 e. The number of hydrogen-bond acceptors (Lipinski definition) is 2. The SMILES string of the molecule is CCC(O)CC/C=C/C/C=C/CCCCCCCC(=O)O. The average molecular weight is 296 g/mol. The lowest BCUT2D eigenvalue weighted by molar-refractivity contribution is -0.137. The highest BCUT2D eigenvalue weighted by molar-refractivity contribution is 5.66. The lowest BCUT2D eigenvalue weighted by atomic mass is 10.1. The van der Waals surface area contributed by atoms with Gasteiger partial charge in [-0.3, -0.25) is 4.79 Å². The van der Waals surface area contributed by atoms with Crippen molar-refractivity contribution >= 4 is 5.97 Å². The van der Waals surface area contributed by atoms with Gasteiger partial charge in [-0.2, -0.15) is 0 Å². The summed E-state index contributed by atoms with van der Waals surface area (Å²) in [6.45, 7) is 2.00. The molecule has 0 aliphatic heterocycles. The van der Waals surface area contributed by atoms with E-state index < -0.39 is 5.97 Å². The molecule has 0 aromatic heterocycles. The number of rotatable bonds is 14. The van der Waals surface area contributed by atoms with Crippen LogP contribution in [0.4, 0.5) is 0 Å². The predicted molar refractivity (Wildman–Crippen MR) is 88.4 cm³/mol. The molecule has 0 saturated carbocycles. The number of carbonyl (C=O) groups is 1.